The molecule has 2 N–H and O–H groups in total. The second-order valence-corrected chi connectivity index (χ2v) is 0.372. The van der Waals surface area contributed by atoms with Crippen molar-refractivity contribution in [2.45, 2.75) is 0 Å². The molecule has 0 radical (unpaired) electrons. The molecule has 3 nitrogen and oxygen atoms in total. The van der Waals surface area contributed by atoms with Gasteiger partial charge in [-0.15, -0.1) is 0 Å². The molecule has 0 unspecified atom stereocenters. The highest BCUT2D eigenvalue weighted by Crippen LogP contribution is 1.43. The summed E-state index contributed by atoms with van der Waals surface area (Å²) in [5, 5.41) is 12.2. The van der Waals surface area contributed by atoms with E-state index in [-0.39, 0.29) is 0 Å². The van der Waals surface area contributed by atoms with Crippen LogP contribution in [0.4, 0.5) is 0 Å². The third kappa shape index (κ3) is 3.14. The maximum atomic E-state index is 6.10. The number of ether oxygens (including phenoxy) is 1. The van der Waals surface area contributed by atoms with Gasteiger partial charge < -0.3 is 4.74 Å². The van der Waals surface area contributed by atoms with Gasteiger partial charge in [-0.1, -0.05) is 0 Å². The Labute approximate surface area is 29.6 Å². The number of hydrogen-bond acceptors (Lipinski definition) is 3. The van der Waals surface area contributed by atoms with Crippen LogP contribution in [0.2, 0.25) is 0 Å². The van der Waals surface area contributed by atoms with Crippen molar-refractivity contribution in [1.82, 2.24) is 0 Å². The largest absolute Gasteiger partial charge is 0.435 e. The monoisotopic (exact) mass is 72.0 g/mol. The summed E-state index contributed by atoms with van der Waals surface area (Å²) in [6.07, 6.45) is 1.38. The molecule has 0 heterocycles. The third-order valence-electron chi connectivity index (χ3n) is 0.136. The van der Waals surface area contributed by atoms with Crippen LogP contribution in [0.1, 0.15) is 0 Å². The van der Waals surface area contributed by atoms with E-state index in [0.29, 0.717) is 12.8 Å². The summed E-state index contributed by atoms with van der Waals surface area (Å²) < 4.78 is 3.92. The maximum absolute atomic E-state index is 6.10. The number of rotatable bonds is 2. The van der Waals surface area contributed by atoms with E-state index in [1.807, 2.05) is 0 Å². The molecule has 0 saturated carbocycles. The highest BCUT2D eigenvalue weighted by molar-refractivity contribution is 5.58. The van der Waals surface area contributed by atoms with E-state index in [1.54, 1.807) is 0 Å². The van der Waals surface area contributed by atoms with Crippen molar-refractivity contribution in [2.75, 3.05) is 0 Å². The minimum atomic E-state index is 0.688. The molecule has 0 aromatic rings. The van der Waals surface area contributed by atoms with Gasteiger partial charge in [0, 0.05) is 0 Å². The smallest absolute Gasteiger partial charge is 0.175 e. The molecule has 0 amide bonds. The lowest BCUT2D eigenvalue weighted by molar-refractivity contribution is 0.585. The predicted molar refractivity (Wildman–Crippen MR) is 18.7 cm³/mol. The lowest BCUT2D eigenvalue weighted by Crippen LogP contribution is -1.74. The Bertz CT molecular complexity index is 36.9. The first-order valence-electron chi connectivity index (χ1n) is 1.05. The second-order valence-electron chi connectivity index (χ2n) is 0.372. The molecule has 28 valence electrons. The third-order valence-corrected chi connectivity index (χ3v) is 0.136. The Morgan fingerprint density at radius 1 is 1.20 bits per heavy atom. The van der Waals surface area contributed by atoms with E-state index in [2.05, 4.69) is 4.74 Å². The molecule has 0 aromatic carbocycles. The molecule has 0 aliphatic carbocycles. The van der Waals surface area contributed by atoms with Crippen LogP contribution in [0.3, 0.4) is 0 Å². The SMILES string of the molecule is N=COC=N. The summed E-state index contributed by atoms with van der Waals surface area (Å²) in [7, 11) is 0. The Kier molecular flexibility index (Phi) is 2.60. The average Bonchev–Trinajstić information content (AvgIpc) is 1.41. The molecular weight excluding hydrogens is 68.0 g/mol. The maximum Gasteiger partial charge on any atom is 0.175 e. The minimum Gasteiger partial charge on any atom is -0.435 e. The molecule has 5 heavy (non-hydrogen) atoms. The Morgan fingerprint density at radius 3 is 1.60 bits per heavy atom. The van der Waals surface area contributed by atoms with Gasteiger partial charge in [-0.2, -0.15) is 0 Å². The van der Waals surface area contributed by atoms with Gasteiger partial charge >= 0.3 is 0 Å². The molecule has 0 rings (SSSR count). The fourth-order valence-electron chi connectivity index (χ4n) is 0.0340. The van der Waals surface area contributed by atoms with Crippen molar-refractivity contribution < 1.29 is 4.74 Å². The van der Waals surface area contributed by atoms with Gasteiger partial charge in [-0.05, 0) is 0 Å². The van der Waals surface area contributed by atoms with E-state index in [9.17, 15) is 0 Å². The molecule has 3 heteroatoms. The highest BCUT2D eigenvalue weighted by atomic mass is 16.5. The van der Waals surface area contributed by atoms with Crippen molar-refractivity contribution in [3.63, 3.8) is 0 Å². The fourth-order valence-corrected chi connectivity index (χ4v) is 0.0340. The Balaban J connectivity index is 2.65. The molecule has 0 aromatic heterocycles. The fraction of sp³-hybridized carbons (Fsp3) is 0. The van der Waals surface area contributed by atoms with E-state index < -0.39 is 0 Å². The Hall–Kier alpha value is -0.860. The van der Waals surface area contributed by atoms with Gasteiger partial charge in [-0.25, -0.2) is 0 Å². The van der Waals surface area contributed by atoms with E-state index in [4.69, 9.17) is 10.8 Å². The first-order chi connectivity index (χ1) is 2.41. The second kappa shape index (κ2) is 3.14. The summed E-state index contributed by atoms with van der Waals surface area (Å²) in [6, 6.07) is 0. The van der Waals surface area contributed by atoms with Crippen LogP contribution in [-0.2, 0) is 4.74 Å². The lowest BCUT2D eigenvalue weighted by atomic mass is 11.4. The quantitative estimate of drug-likeness (QED) is 0.355. The average molecular weight is 72.1 g/mol. The number of nitrogens with one attached hydrogen (secondary N) is 2. The molecular formula is C2H4N2O. The minimum absolute atomic E-state index is 0.688. The van der Waals surface area contributed by atoms with Gasteiger partial charge in [0.05, 0.1) is 0 Å². The molecule has 0 spiro atoms. The van der Waals surface area contributed by atoms with Crippen LogP contribution in [0.15, 0.2) is 0 Å². The van der Waals surface area contributed by atoms with Crippen LogP contribution in [-0.4, -0.2) is 12.8 Å². The van der Waals surface area contributed by atoms with Crippen LogP contribution < -0.4 is 0 Å². The van der Waals surface area contributed by atoms with E-state index in [1.165, 1.54) is 0 Å². The molecule has 0 aliphatic rings. The molecule has 0 saturated heterocycles. The predicted octanol–water partition coefficient (Wildman–Crippen LogP) is 0.217. The van der Waals surface area contributed by atoms with E-state index in [0.717, 1.165) is 0 Å². The van der Waals surface area contributed by atoms with Crippen LogP contribution >= 0.6 is 0 Å². The van der Waals surface area contributed by atoms with Gasteiger partial charge in [0.15, 0.2) is 12.8 Å². The zero-order chi connectivity index (χ0) is 4.12. The van der Waals surface area contributed by atoms with Crippen LogP contribution in [0.25, 0.3) is 0 Å². The standard InChI is InChI=1S/C2H4N2O/c3-1-5-2-4/h1-4H. The van der Waals surface area contributed by atoms with Crippen molar-refractivity contribution in [2.24, 2.45) is 0 Å². The molecule has 0 fully saturated rings. The Morgan fingerprint density at radius 2 is 1.60 bits per heavy atom. The first kappa shape index (κ1) is 4.14. The summed E-state index contributed by atoms with van der Waals surface area (Å²) >= 11 is 0. The topological polar surface area (TPSA) is 56.9 Å². The normalized spacial score (nSPS) is 5.60. The lowest BCUT2D eigenvalue weighted by Gasteiger charge is -1.72. The highest BCUT2D eigenvalue weighted by Gasteiger charge is 1.50. The van der Waals surface area contributed by atoms with E-state index >= 15 is 0 Å². The summed E-state index contributed by atoms with van der Waals surface area (Å²) in [6.45, 7) is 0. The van der Waals surface area contributed by atoms with Gasteiger partial charge in [-0.3, -0.25) is 10.8 Å². The van der Waals surface area contributed by atoms with Crippen molar-refractivity contribution in [3.05, 3.63) is 0 Å². The summed E-state index contributed by atoms with van der Waals surface area (Å²) in [5.74, 6) is 0. The number of hydrogen-bond donors (Lipinski definition) is 2. The zero-order valence-electron chi connectivity index (χ0n) is 2.56. The molecule has 0 bridgehead atoms. The van der Waals surface area contributed by atoms with Gasteiger partial charge in [0.1, 0.15) is 0 Å². The van der Waals surface area contributed by atoms with Crippen LogP contribution in [0.5, 0.6) is 0 Å². The van der Waals surface area contributed by atoms with Crippen LogP contribution in [0, 0.1) is 10.8 Å². The summed E-state index contributed by atoms with van der Waals surface area (Å²) in [4.78, 5) is 0. The van der Waals surface area contributed by atoms with Crippen molar-refractivity contribution >= 4 is 12.8 Å². The molecule has 0 aliphatic heterocycles. The first-order valence-corrected chi connectivity index (χ1v) is 1.05. The van der Waals surface area contributed by atoms with Crippen molar-refractivity contribution in [1.29, 1.82) is 10.8 Å². The van der Waals surface area contributed by atoms with Gasteiger partial charge in [0.2, 0.25) is 0 Å². The van der Waals surface area contributed by atoms with Crippen molar-refractivity contribution in [3.8, 4) is 0 Å². The summed E-state index contributed by atoms with van der Waals surface area (Å²) in [5.41, 5.74) is 0. The zero-order valence-corrected chi connectivity index (χ0v) is 2.56. The molecule has 0 atom stereocenters. The van der Waals surface area contributed by atoms with Gasteiger partial charge in [0.25, 0.3) is 0 Å².